The Balaban J connectivity index is 1.82. The second-order valence-corrected chi connectivity index (χ2v) is 5.30. The summed E-state index contributed by atoms with van der Waals surface area (Å²) in [5, 5.41) is 0. The number of ketones is 1. The van der Waals surface area contributed by atoms with Crippen LogP contribution in [0.3, 0.4) is 0 Å². The molecule has 1 fully saturated rings. The van der Waals surface area contributed by atoms with Gasteiger partial charge in [0.2, 0.25) is 0 Å². The maximum atomic E-state index is 12.1. The van der Waals surface area contributed by atoms with Crippen LogP contribution in [0.15, 0.2) is 24.3 Å². The molecule has 0 amide bonds. The first-order valence-electron chi connectivity index (χ1n) is 7.03. The number of aryl methyl sites for hydroxylation is 1. The SMILES string of the molecule is COCCN(CCC(=O)c1ccc(C)cc1)C1CC1. The van der Waals surface area contributed by atoms with E-state index in [0.29, 0.717) is 12.5 Å². The molecule has 0 heterocycles. The minimum absolute atomic E-state index is 0.239. The Morgan fingerprint density at radius 2 is 1.95 bits per heavy atom. The van der Waals surface area contributed by atoms with Crippen LogP contribution >= 0.6 is 0 Å². The molecule has 0 saturated heterocycles. The largest absolute Gasteiger partial charge is 0.383 e. The monoisotopic (exact) mass is 261 g/mol. The maximum absolute atomic E-state index is 12.1. The zero-order valence-corrected chi connectivity index (χ0v) is 11.9. The standard InChI is InChI=1S/C16H23NO2/c1-13-3-5-14(6-4-13)16(18)9-10-17(11-12-19-2)15-7-8-15/h3-6,15H,7-12H2,1-2H3. The van der Waals surface area contributed by atoms with E-state index in [9.17, 15) is 4.79 Å². The molecule has 1 aromatic rings. The van der Waals surface area contributed by atoms with Crippen molar-refractivity contribution in [3.05, 3.63) is 35.4 Å². The van der Waals surface area contributed by atoms with Gasteiger partial charge in [0.15, 0.2) is 5.78 Å². The van der Waals surface area contributed by atoms with E-state index in [1.807, 2.05) is 31.2 Å². The van der Waals surface area contributed by atoms with Gasteiger partial charge in [-0.15, -0.1) is 0 Å². The summed E-state index contributed by atoms with van der Waals surface area (Å²) in [6.07, 6.45) is 3.13. The molecule has 1 aliphatic carbocycles. The van der Waals surface area contributed by atoms with Gasteiger partial charge in [0.05, 0.1) is 6.61 Å². The van der Waals surface area contributed by atoms with E-state index in [-0.39, 0.29) is 5.78 Å². The zero-order valence-electron chi connectivity index (χ0n) is 11.9. The average molecular weight is 261 g/mol. The van der Waals surface area contributed by atoms with Crippen LogP contribution < -0.4 is 0 Å². The number of nitrogens with zero attached hydrogens (tertiary/aromatic N) is 1. The highest BCUT2D eigenvalue weighted by molar-refractivity contribution is 5.96. The van der Waals surface area contributed by atoms with Gasteiger partial charge >= 0.3 is 0 Å². The number of hydrogen-bond donors (Lipinski definition) is 0. The molecule has 3 nitrogen and oxygen atoms in total. The number of carbonyl (C=O) groups is 1. The smallest absolute Gasteiger partial charge is 0.164 e. The zero-order chi connectivity index (χ0) is 13.7. The molecule has 0 aliphatic heterocycles. The number of rotatable bonds is 8. The number of ether oxygens (including phenoxy) is 1. The fourth-order valence-corrected chi connectivity index (χ4v) is 2.25. The van der Waals surface area contributed by atoms with Crippen LogP contribution in [0.2, 0.25) is 0 Å². The summed E-state index contributed by atoms with van der Waals surface area (Å²) in [5.41, 5.74) is 2.02. The van der Waals surface area contributed by atoms with E-state index in [1.165, 1.54) is 18.4 Å². The Morgan fingerprint density at radius 1 is 1.26 bits per heavy atom. The van der Waals surface area contributed by atoms with E-state index in [0.717, 1.165) is 25.3 Å². The molecule has 0 radical (unpaired) electrons. The van der Waals surface area contributed by atoms with Crippen molar-refractivity contribution in [3.63, 3.8) is 0 Å². The van der Waals surface area contributed by atoms with Crippen molar-refractivity contribution in [1.29, 1.82) is 0 Å². The lowest BCUT2D eigenvalue weighted by Crippen LogP contribution is -2.31. The van der Waals surface area contributed by atoms with Gasteiger partial charge in [0.25, 0.3) is 0 Å². The summed E-state index contributed by atoms with van der Waals surface area (Å²) >= 11 is 0. The first-order valence-corrected chi connectivity index (χ1v) is 7.03. The molecule has 0 bridgehead atoms. The van der Waals surface area contributed by atoms with Crippen molar-refractivity contribution in [1.82, 2.24) is 4.90 Å². The van der Waals surface area contributed by atoms with E-state index < -0.39 is 0 Å². The molecule has 0 atom stereocenters. The molecule has 1 aromatic carbocycles. The molecule has 19 heavy (non-hydrogen) atoms. The fraction of sp³-hybridized carbons (Fsp3) is 0.562. The van der Waals surface area contributed by atoms with Crippen LogP contribution in [0.1, 0.15) is 35.2 Å². The lowest BCUT2D eigenvalue weighted by atomic mass is 10.1. The van der Waals surface area contributed by atoms with Crippen LogP contribution in [0.25, 0.3) is 0 Å². The second kappa shape index (κ2) is 6.83. The van der Waals surface area contributed by atoms with Gasteiger partial charge < -0.3 is 4.74 Å². The van der Waals surface area contributed by atoms with Crippen LogP contribution in [0.4, 0.5) is 0 Å². The average Bonchev–Trinajstić information content (AvgIpc) is 3.24. The number of Topliss-reactive ketones (excluding diaryl/α,β-unsaturated/α-hetero) is 1. The topological polar surface area (TPSA) is 29.5 Å². The van der Waals surface area contributed by atoms with E-state index in [2.05, 4.69) is 4.90 Å². The first kappa shape index (κ1) is 14.2. The summed E-state index contributed by atoms with van der Waals surface area (Å²) in [5.74, 6) is 0.239. The number of hydrogen-bond acceptors (Lipinski definition) is 3. The van der Waals surface area contributed by atoms with Crippen LogP contribution in [-0.4, -0.2) is 43.5 Å². The van der Waals surface area contributed by atoms with Crippen molar-refractivity contribution in [2.75, 3.05) is 26.8 Å². The molecule has 0 unspecified atom stereocenters. The van der Waals surface area contributed by atoms with Gasteiger partial charge in [-0.25, -0.2) is 0 Å². The van der Waals surface area contributed by atoms with Gasteiger partial charge in [-0.1, -0.05) is 29.8 Å². The minimum Gasteiger partial charge on any atom is -0.383 e. The number of carbonyl (C=O) groups excluding carboxylic acids is 1. The predicted octanol–water partition coefficient (Wildman–Crippen LogP) is 2.68. The van der Waals surface area contributed by atoms with Gasteiger partial charge in [-0.3, -0.25) is 9.69 Å². The highest BCUT2D eigenvalue weighted by Gasteiger charge is 2.28. The summed E-state index contributed by atoms with van der Waals surface area (Å²) in [4.78, 5) is 14.5. The van der Waals surface area contributed by atoms with Crippen molar-refractivity contribution >= 4 is 5.78 Å². The van der Waals surface area contributed by atoms with E-state index in [4.69, 9.17) is 4.74 Å². The second-order valence-electron chi connectivity index (χ2n) is 5.30. The first-order chi connectivity index (χ1) is 9.20. The summed E-state index contributed by atoms with van der Waals surface area (Å²) in [6.45, 7) is 4.56. The number of methoxy groups -OCH3 is 1. The minimum atomic E-state index is 0.239. The number of benzene rings is 1. The molecule has 0 aromatic heterocycles. The van der Waals surface area contributed by atoms with Gasteiger partial charge in [-0.2, -0.15) is 0 Å². The molecule has 104 valence electrons. The molecular formula is C16H23NO2. The molecule has 0 N–H and O–H groups in total. The highest BCUT2D eigenvalue weighted by atomic mass is 16.5. The van der Waals surface area contributed by atoms with Gasteiger partial charge in [-0.05, 0) is 19.8 Å². The van der Waals surface area contributed by atoms with Crippen molar-refractivity contribution in [3.8, 4) is 0 Å². The van der Waals surface area contributed by atoms with Crippen LogP contribution in [0, 0.1) is 6.92 Å². The molecule has 0 spiro atoms. The van der Waals surface area contributed by atoms with Gasteiger partial charge in [0, 0.05) is 38.2 Å². The Morgan fingerprint density at radius 3 is 2.53 bits per heavy atom. The Labute approximate surface area is 115 Å². The molecule has 2 rings (SSSR count). The van der Waals surface area contributed by atoms with Crippen molar-refractivity contribution < 1.29 is 9.53 Å². The van der Waals surface area contributed by atoms with E-state index >= 15 is 0 Å². The quantitative estimate of drug-likeness (QED) is 0.674. The van der Waals surface area contributed by atoms with Gasteiger partial charge in [0.1, 0.15) is 0 Å². The third-order valence-corrected chi connectivity index (χ3v) is 3.65. The van der Waals surface area contributed by atoms with Crippen LogP contribution in [0.5, 0.6) is 0 Å². The third kappa shape index (κ3) is 4.44. The lowest BCUT2D eigenvalue weighted by molar-refractivity contribution is 0.0945. The van der Waals surface area contributed by atoms with Crippen molar-refractivity contribution in [2.45, 2.75) is 32.2 Å². The maximum Gasteiger partial charge on any atom is 0.164 e. The Hall–Kier alpha value is -1.19. The highest BCUT2D eigenvalue weighted by Crippen LogP contribution is 2.26. The van der Waals surface area contributed by atoms with Crippen LogP contribution in [-0.2, 0) is 4.74 Å². The summed E-state index contributed by atoms with van der Waals surface area (Å²) in [6, 6.07) is 8.52. The molecule has 3 heteroatoms. The molecule has 1 aliphatic rings. The fourth-order valence-electron chi connectivity index (χ4n) is 2.25. The summed E-state index contributed by atoms with van der Waals surface area (Å²) in [7, 11) is 1.72. The normalized spacial score (nSPS) is 14.9. The molecule has 1 saturated carbocycles. The Kier molecular flexibility index (Phi) is 5.11. The summed E-state index contributed by atoms with van der Waals surface area (Å²) < 4.78 is 5.13. The third-order valence-electron chi connectivity index (χ3n) is 3.65. The predicted molar refractivity (Wildman–Crippen MR) is 76.6 cm³/mol. The molecular weight excluding hydrogens is 238 g/mol. The lowest BCUT2D eigenvalue weighted by Gasteiger charge is -2.20. The Bertz CT molecular complexity index is 409. The van der Waals surface area contributed by atoms with E-state index in [1.54, 1.807) is 7.11 Å². The van der Waals surface area contributed by atoms with Crippen molar-refractivity contribution in [2.24, 2.45) is 0 Å².